The quantitative estimate of drug-likeness (QED) is 0.309. The van der Waals surface area contributed by atoms with Gasteiger partial charge in [0.2, 0.25) is 0 Å². The first-order chi connectivity index (χ1) is 10.3. The summed E-state index contributed by atoms with van der Waals surface area (Å²) in [5, 5.41) is 3.77. The molecule has 3 aliphatic heterocycles. The molecule has 3 heteroatoms. The maximum atomic E-state index is 2.60. The fraction of sp³-hybridized carbons (Fsp3) is 0.800. The van der Waals surface area contributed by atoms with E-state index in [2.05, 4.69) is 74.5 Å². The van der Waals surface area contributed by atoms with Crippen LogP contribution in [0.1, 0.15) is 68.7 Å². The lowest BCUT2D eigenvalue weighted by molar-refractivity contribution is 0.307. The number of hydrogen-bond acceptors (Lipinski definition) is 0. The summed E-state index contributed by atoms with van der Waals surface area (Å²) in [4.78, 5) is 0.382. The molecule has 2 unspecified atom stereocenters. The van der Waals surface area contributed by atoms with Gasteiger partial charge in [-0.3, -0.25) is 0 Å². The Morgan fingerprint density at radius 1 is 0.913 bits per heavy atom. The zero-order valence-corrected chi connectivity index (χ0v) is 19.0. The fourth-order valence-corrected chi connectivity index (χ4v) is 15.3. The van der Waals surface area contributed by atoms with Crippen LogP contribution in [0.4, 0.5) is 0 Å². The third kappa shape index (κ3) is 2.67. The van der Waals surface area contributed by atoms with E-state index in [1.807, 2.05) is 10.1 Å². The molecule has 0 saturated carbocycles. The van der Waals surface area contributed by atoms with Crippen molar-refractivity contribution in [3.05, 3.63) is 12.2 Å². The largest absolute Gasteiger partial charge is 0.0875 e. The zero-order chi connectivity index (χ0) is 17.4. The number of hydrogen-bond donors (Lipinski definition) is 0. The van der Waals surface area contributed by atoms with Crippen LogP contribution in [0, 0.1) is 22.2 Å². The average Bonchev–Trinajstić information content (AvgIpc) is 2.85. The van der Waals surface area contributed by atoms with Crippen molar-refractivity contribution in [3.63, 3.8) is 0 Å². The minimum atomic E-state index is -0.0798. The topological polar surface area (TPSA) is 0 Å². The first kappa shape index (κ1) is 18.3. The highest BCUT2D eigenvalue weighted by Gasteiger charge is 2.60. The van der Waals surface area contributed by atoms with Crippen LogP contribution in [-0.4, -0.2) is 20.6 Å². The van der Waals surface area contributed by atoms with Gasteiger partial charge in [0, 0.05) is 5.92 Å². The molecule has 3 heterocycles. The maximum Gasteiger partial charge on any atom is 0.0660 e. The summed E-state index contributed by atoms with van der Waals surface area (Å²) in [6.45, 7) is 22.3. The summed E-state index contributed by atoms with van der Waals surface area (Å²) < 4.78 is 0. The van der Waals surface area contributed by atoms with Crippen molar-refractivity contribution in [2.24, 2.45) is 22.2 Å². The molecule has 0 aromatic carbocycles. The van der Waals surface area contributed by atoms with Crippen molar-refractivity contribution in [1.29, 1.82) is 0 Å². The molecule has 0 aromatic heterocycles. The van der Waals surface area contributed by atoms with E-state index >= 15 is 0 Å². The van der Waals surface area contributed by atoms with Crippen molar-refractivity contribution in [2.75, 3.05) is 0 Å². The van der Waals surface area contributed by atoms with E-state index in [1.54, 1.807) is 16.4 Å². The van der Waals surface area contributed by atoms with E-state index in [-0.39, 0.29) is 7.92 Å². The van der Waals surface area contributed by atoms with Crippen LogP contribution >= 0.6 is 24.3 Å². The van der Waals surface area contributed by atoms with Crippen molar-refractivity contribution in [2.45, 2.75) is 79.3 Å². The lowest BCUT2D eigenvalue weighted by atomic mass is 9.82. The normalized spacial score (nSPS) is 38.2. The van der Waals surface area contributed by atoms with Crippen LogP contribution < -0.4 is 0 Å². The number of allylic oxidation sites excluding steroid dienone is 2. The lowest BCUT2D eigenvalue weighted by Gasteiger charge is -2.59. The second-order valence-corrected chi connectivity index (χ2v) is 16.6. The molecule has 128 valence electrons. The van der Waals surface area contributed by atoms with E-state index in [1.165, 1.54) is 6.42 Å². The molecule has 23 heavy (non-hydrogen) atoms. The average molecular weight is 366 g/mol. The van der Waals surface area contributed by atoms with Gasteiger partial charge in [-0.05, 0) is 46.3 Å². The molecule has 0 N–H and O–H groups in total. The van der Waals surface area contributed by atoms with Gasteiger partial charge >= 0.3 is 0 Å². The highest BCUT2D eigenvalue weighted by molar-refractivity contribution is 8.06. The van der Waals surface area contributed by atoms with E-state index in [0.29, 0.717) is 21.1 Å². The van der Waals surface area contributed by atoms with E-state index in [4.69, 9.17) is 0 Å². The summed E-state index contributed by atoms with van der Waals surface area (Å²) in [5.74, 6) is 0.800. The Hall–Kier alpha value is 0.510. The van der Waals surface area contributed by atoms with Gasteiger partial charge < -0.3 is 0 Å². The molecule has 0 amide bonds. The predicted octanol–water partition coefficient (Wildman–Crippen LogP) is 7.43. The Labute approximate surface area is 148 Å². The molecule has 0 spiro atoms. The molecular weight excluding hydrogens is 333 g/mol. The van der Waals surface area contributed by atoms with Gasteiger partial charge in [0.05, 0.1) is 4.90 Å². The minimum absolute atomic E-state index is 0.0798. The second-order valence-electron chi connectivity index (χ2n) is 10.5. The van der Waals surface area contributed by atoms with Gasteiger partial charge in [-0.2, -0.15) is 0 Å². The van der Waals surface area contributed by atoms with Crippen LogP contribution in [0.3, 0.4) is 0 Å². The van der Waals surface area contributed by atoms with Crippen molar-refractivity contribution in [3.8, 4) is 0 Å². The molecule has 1 aliphatic carbocycles. The van der Waals surface area contributed by atoms with Gasteiger partial charge in [0.1, 0.15) is 0 Å². The smallest absolute Gasteiger partial charge is 0.0660 e. The van der Waals surface area contributed by atoms with Gasteiger partial charge in [0.25, 0.3) is 0 Å². The van der Waals surface area contributed by atoms with Crippen LogP contribution in [0.15, 0.2) is 12.2 Å². The van der Waals surface area contributed by atoms with Crippen LogP contribution in [0.25, 0.3) is 0 Å². The zero-order valence-electron chi connectivity index (χ0n) is 16.4. The standard InChI is InChI=1S/C20H33P3/c1-17(2,3)15-21-20(19(7,8)9)13-11-10-12-14(13)23(15)16(22-20)18(4,5)6/h10-11,13-14H,12H2,1-9H3. The molecule has 4 rings (SSSR count). The van der Waals surface area contributed by atoms with Crippen molar-refractivity contribution in [1.82, 2.24) is 0 Å². The minimum Gasteiger partial charge on any atom is -0.0875 e. The molecule has 2 atom stereocenters. The summed E-state index contributed by atoms with van der Waals surface area (Å²) in [6.07, 6.45) is 6.43. The van der Waals surface area contributed by atoms with Gasteiger partial charge in [-0.1, -0.05) is 90.9 Å². The molecule has 0 nitrogen and oxygen atoms in total. The SMILES string of the molecule is CC(C)(C)C1=PC2(C(C)(C)C)P=C(C(C)(C)C)P1C1CC=CC12. The molecule has 0 fully saturated rings. The highest BCUT2D eigenvalue weighted by atomic mass is 31.2. The Bertz CT molecular complexity index is 570. The third-order valence-corrected chi connectivity index (χ3v) is 15.7. The van der Waals surface area contributed by atoms with E-state index in [0.717, 1.165) is 11.6 Å². The summed E-state index contributed by atoms with van der Waals surface area (Å²) >= 11 is 0. The van der Waals surface area contributed by atoms with Gasteiger partial charge in [-0.15, -0.1) is 0 Å². The van der Waals surface area contributed by atoms with Gasteiger partial charge in [-0.25, -0.2) is 0 Å². The van der Waals surface area contributed by atoms with Crippen LogP contribution in [0.2, 0.25) is 0 Å². The second kappa shape index (κ2) is 5.26. The predicted molar refractivity (Wildman–Crippen MR) is 113 cm³/mol. The summed E-state index contributed by atoms with van der Waals surface area (Å²) in [5.41, 5.74) is 1.89. The molecule has 2 bridgehead atoms. The first-order valence-electron chi connectivity index (χ1n) is 8.96. The first-order valence-corrected chi connectivity index (χ1v) is 12.2. The Kier molecular flexibility index (Phi) is 4.18. The lowest BCUT2D eigenvalue weighted by Crippen LogP contribution is -2.51. The maximum absolute atomic E-state index is 2.60. The molecule has 0 radical (unpaired) electrons. The molecule has 4 aliphatic rings. The molecular formula is C20H33P3. The van der Waals surface area contributed by atoms with Crippen molar-refractivity contribution >= 4 is 34.4 Å². The Balaban J connectivity index is 2.30. The van der Waals surface area contributed by atoms with Gasteiger partial charge in [0.15, 0.2) is 0 Å². The molecule has 0 saturated heterocycles. The van der Waals surface area contributed by atoms with Crippen LogP contribution in [-0.2, 0) is 0 Å². The third-order valence-electron chi connectivity index (χ3n) is 5.39. The van der Waals surface area contributed by atoms with Crippen molar-refractivity contribution < 1.29 is 0 Å². The Morgan fingerprint density at radius 2 is 1.39 bits per heavy atom. The summed E-state index contributed by atoms with van der Waals surface area (Å²) in [7, 11) is 3.27. The fourth-order valence-electron chi connectivity index (χ4n) is 4.22. The summed E-state index contributed by atoms with van der Waals surface area (Å²) in [6, 6.07) is 0. The van der Waals surface area contributed by atoms with Crippen LogP contribution in [0.5, 0.6) is 0 Å². The molecule has 0 aromatic rings. The van der Waals surface area contributed by atoms with E-state index in [9.17, 15) is 0 Å². The monoisotopic (exact) mass is 366 g/mol. The van der Waals surface area contributed by atoms with E-state index < -0.39 is 0 Å². The number of rotatable bonds is 0. The highest BCUT2D eigenvalue weighted by Crippen LogP contribution is 2.78. The Morgan fingerprint density at radius 3 is 1.78 bits per heavy atom.